The molecule has 1 unspecified atom stereocenters. The molecule has 0 saturated carbocycles. The highest BCUT2D eigenvalue weighted by molar-refractivity contribution is 7.09. The highest BCUT2D eigenvalue weighted by atomic mass is 32.1. The molecule has 0 amide bonds. The Bertz CT molecular complexity index is 453. The smallest absolute Gasteiger partial charge is 0.114 e. The fraction of sp³-hybridized carbons (Fsp3) is 0.500. The Morgan fingerprint density at radius 3 is 2.94 bits per heavy atom. The van der Waals surface area contributed by atoms with E-state index in [0.29, 0.717) is 6.61 Å². The van der Waals surface area contributed by atoms with E-state index >= 15 is 0 Å². The first-order valence-corrected chi connectivity index (χ1v) is 6.71. The lowest BCUT2D eigenvalue weighted by Gasteiger charge is -2.14. The highest BCUT2D eigenvalue weighted by Crippen LogP contribution is 2.24. The van der Waals surface area contributed by atoms with Gasteiger partial charge in [0, 0.05) is 43.5 Å². The molecule has 0 spiro atoms. The van der Waals surface area contributed by atoms with Crippen LogP contribution in [0.1, 0.15) is 22.3 Å². The number of thiazole rings is 1. The van der Waals surface area contributed by atoms with E-state index < -0.39 is 0 Å². The number of nitrogens with zero attached hydrogens (tertiary/aromatic N) is 3. The third-order valence-electron chi connectivity index (χ3n) is 2.60. The number of hydrogen-bond donors (Lipinski definition) is 1. The highest BCUT2D eigenvalue weighted by Gasteiger charge is 2.18. The van der Waals surface area contributed by atoms with Gasteiger partial charge < -0.3 is 10.1 Å². The summed E-state index contributed by atoms with van der Waals surface area (Å²) in [5.74, 6) is 0. The van der Waals surface area contributed by atoms with Gasteiger partial charge in [0.1, 0.15) is 5.01 Å². The second-order valence-electron chi connectivity index (χ2n) is 4.15. The third kappa shape index (κ3) is 3.16. The van der Waals surface area contributed by atoms with E-state index in [4.69, 9.17) is 4.74 Å². The van der Waals surface area contributed by atoms with Crippen molar-refractivity contribution in [2.24, 2.45) is 7.05 Å². The van der Waals surface area contributed by atoms with Crippen molar-refractivity contribution in [2.75, 3.05) is 20.3 Å². The molecule has 0 aliphatic carbocycles. The molecule has 0 aromatic carbocycles. The van der Waals surface area contributed by atoms with Gasteiger partial charge in [0.2, 0.25) is 0 Å². The van der Waals surface area contributed by atoms with E-state index in [1.165, 1.54) is 0 Å². The Morgan fingerprint density at radius 2 is 2.39 bits per heavy atom. The van der Waals surface area contributed by atoms with Gasteiger partial charge in [-0.2, -0.15) is 5.10 Å². The Balaban J connectivity index is 2.17. The lowest BCUT2D eigenvalue weighted by Crippen LogP contribution is -2.25. The first kappa shape index (κ1) is 13.2. The molecule has 2 rings (SSSR count). The van der Waals surface area contributed by atoms with Crippen molar-refractivity contribution in [1.82, 2.24) is 20.1 Å². The zero-order valence-electron chi connectivity index (χ0n) is 10.9. The minimum atomic E-state index is 0.0903. The molecule has 2 aromatic heterocycles. The molecule has 0 radical (unpaired) electrons. The van der Waals surface area contributed by atoms with E-state index in [2.05, 4.69) is 20.8 Å². The molecule has 0 saturated heterocycles. The third-order valence-corrected chi connectivity index (χ3v) is 3.62. The molecule has 18 heavy (non-hydrogen) atoms. The molecule has 0 aliphatic heterocycles. The summed E-state index contributed by atoms with van der Waals surface area (Å²) >= 11 is 1.67. The van der Waals surface area contributed by atoms with E-state index in [-0.39, 0.29) is 6.04 Å². The van der Waals surface area contributed by atoms with Crippen LogP contribution in [0.2, 0.25) is 0 Å². The van der Waals surface area contributed by atoms with Crippen molar-refractivity contribution >= 4 is 11.3 Å². The summed E-state index contributed by atoms with van der Waals surface area (Å²) < 4.78 is 6.88. The van der Waals surface area contributed by atoms with Crippen LogP contribution in [-0.4, -0.2) is 35.0 Å². The predicted octanol–water partition coefficient (Wildman–Crippen LogP) is 1.51. The van der Waals surface area contributed by atoms with Crippen LogP contribution in [-0.2, 0) is 11.8 Å². The molecular weight excluding hydrogens is 248 g/mol. The minimum Gasteiger partial charge on any atom is -0.383 e. The van der Waals surface area contributed by atoms with Crippen LogP contribution >= 0.6 is 11.3 Å². The fourth-order valence-electron chi connectivity index (χ4n) is 1.75. The molecule has 0 fully saturated rings. The van der Waals surface area contributed by atoms with Gasteiger partial charge in [-0.15, -0.1) is 11.3 Å². The maximum absolute atomic E-state index is 5.07. The van der Waals surface area contributed by atoms with Crippen molar-refractivity contribution in [3.8, 4) is 0 Å². The van der Waals surface area contributed by atoms with Gasteiger partial charge in [0.15, 0.2) is 0 Å². The predicted molar refractivity (Wildman–Crippen MR) is 71.8 cm³/mol. The summed E-state index contributed by atoms with van der Waals surface area (Å²) in [5, 5.41) is 10.8. The topological polar surface area (TPSA) is 52.0 Å². The summed E-state index contributed by atoms with van der Waals surface area (Å²) in [6, 6.07) is 0.0903. The van der Waals surface area contributed by atoms with Crippen molar-refractivity contribution in [2.45, 2.75) is 13.0 Å². The maximum Gasteiger partial charge on any atom is 0.114 e. The van der Waals surface area contributed by atoms with Gasteiger partial charge in [-0.05, 0) is 6.92 Å². The molecule has 0 bridgehead atoms. The maximum atomic E-state index is 5.07. The Morgan fingerprint density at radius 1 is 1.56 bits per heavy atom. The SMILES string of the molecule is COCCNC(c1cnn(C)c1)c1nc(C)cs1. The molecule has 1 N–H and O–H groups in total. The average molecular weight is 266 g/mol. The van der Waals surface area contributed by atoms with Gasteiger partial charge in [-0.1, -0.05) is 0 Å². The quantitative estimate of drug-likeness (QED) is 0.805. The standard InChI is InChI=1S/C12H18N4OS/c1-9-8-18-12(15-9)11(13-4-5-17-3)10-6-14-16(2)7-10/h6-8,11,13H,4-5H2,1-3H3. The van der Waals surface area contributed by atoms with E-state index in [1.54, 1.807) is 23.1 Å². The second-order valence-corrected chi connectivity index (χ2v) is 5.04. The van der Waals surface area contributed by atoms with Crippen molar-refractivity contribution in [1.29, 1.82) is 0 Å². The summed E-state index contributed by atoms with van der Waals surface area (Å²) in [4.78, 5) is 4.55. The number of rotatable bonds is 6. The van der Waals surface area contributed by atoms with Gasteiger partial charge in [0.25, 0.3) is 0 Å². The normalized spacial score (nSPS) is 12.8. The largest absolute Gasteiger partial charge is 0.383 e. The summed E-state index contributed by atoms with van der Waals surface area (Å²) in [7, 11) is 3.62. The molecule has 0 aliphatic rings. The van der Waals surface area contributed by atoms with Crippen LogP contribution in [0.5, 0.6) is 0 Å². The first-order valence-electron chi connectivity index (χ1n) is 5.83. The zero-order valence-corrected chi connectivity index (χ0v) is 11.7. The van der Waals surface area contributed by atoms with Gasteiger partial charge >= 0.3 is 0 Å². The van der Waals surface area contributed by atoms with Gasteiger partial charge in [-0.25, -0.2) is 4.98 Å². The summed E-state index contributed by atoms with van der Waals surface area (Å²) in [6.45, 7) is 3.48. The first-order chi connectivity index (χ1) is 8.70. The molecular formula is C12H18N4OS. The second kappa shape index (κ2) is 6.08. The Kier molecular flexibility index (Phi) is 4.46. The monoisotopic (exact) mass is 266 g/mol. The number of aryl methyl sites for hydroxylation is 2. The number of methoxy groups -OCH3 is 1. The Labute approximate surface area is 111 Å². The molecule has 1 atom stereocenters. The van der Waals surface area contributed by atoms with E-state index in [1.807, 2.05) is 26.4 Å². The number of ether oxygens (including phenoxy) is 1. The van der Waals surface area contributed by atoms with E-state index in [9.17, 15) is 0 Å². The molecule has 2 heterocycles. The summed E-state index contributed by atoms with van der Waals surface area (Å²) in [5.41, 5.74) is 2.18. The molecule has 2 aromatic rings. The van der Waals surface area contributed by atoms with Crippen molar-refractivity contribution in [3.63, 3.8) is 0 Å². The van der Waals surface area contributed by atoms with Crippen LogP contribution in [0.15, 0.2) is 17.8 Å². The number of nitrogens with one attached hydrogen (secondary N) is 1. The van der Waals surface area contributed by atoms with Crippen molar-refractivity contribution in [3.05, 3.63) is 34.0 Å². The van der Waals surface area contributed by atoms with Crippen LogP contribution in [0.25, 0.3) is 0 Å². The fourth-order valence-corrected chi connectivity index (χ4v) is 2.64. The number of hydrogen-bond acceptors (Lipinski definition) is 5. The van der Waals surface area contributed by atoms with Crippen molar-refractivity contribution < 1.29 is 4.74 Å². The van der Waals surface area contributed by atoms with Crippen LogP contribution < -0.4 is 5.32 Å². The summed E-state index contributed by atoms with van der Waals surface area (Å²) in [6.07, 6.45) is 3.89. The number of aromatic nitrogens is 3. The van der Waals surface area contributed by atoms with Crippen LogP contribution in [0.4, 0.5) is 0 Å². The average Bonchev–Trinajstić information content (AvgIpc) is 2.94. The lowest BCUT2D eigenvalue weighted by molar-refractivity contribution is 0.197. The lowest BCUT2D eigenvalue weighted by atomic mass is 10.1. The molecule has 6 heteroatoms. The van der Waals surface area contributed by atoms with Crippen LogP contribution in [0, 0.1) is 6.92 Å². The minimum absolute atomic E-state index is 0.0903. The van der Waals surface area contributed by atoms with E-state index in [0.717, 1.165) is 22.8 Å². The van der Waals surface area contributed by atoms with Crippen LogP contribution in [0.3, 0.4) is 0 Å². The zero-order chi connectivity index (χ0) is 13.0. The molecule has 5 nitrogen and oxygen atoms in total. The van der Waals surface area contributed by atoms with Gasteiger partial charge in [0.05, 0.1) is 18.8 Å². The molecule has 98 valence electrons. The van der Waals surface area contributed by atoms with Gasteiger partial charge in [-0.3, -0.25) is 4.68 Å². The Hall–Kier alpha value is -1.24.